The van der Waals surface area contributed by atoms with Crippen molar-refractivity contribution in [2.24, 2.45) is 0 Å². The Morgan fingerprint density at radius 3 is 2.76 bits per heavy atom. The van der Waals surface area contributed by atoms with E-state index in [4.69, 9.17) is 4.74 Å². The molecule has 0 aliphatic heterocycles. The standard InChI is InChI=1S/C16H17BrN2O2/c1-21-15-7-2-4-12(8-15)10-19-16(20)11-18-14-6-3-5-13(17)9-14/h2-9,18H,10-11H2,1H3,(H,19,20). The first-order chi connectivity index (χ1) is 10.2. The predicted octanol–water partition coefficient (Wildman–Crippen LogP) is 3.19. The summed E-state index contributed by atoms with van der Waals surface area (Å²) in [4.78, 5) is 11.8. The van der Waals surface area contributed by atoms with Gasteiger partial charge in [-0.2, -0.15) is 0 Å². The molecule has 0 aliphatic rings. The number of benzene rings is 2. The number of nitrogens with one attached hydrogen (secondary N) is 2. The van der Waals surface area contributed by atoms with Gasteiger partial charge in [-0.1, -0.05) is 34.1 Å². The fourth-order valence-electron chi connectivity index (χ4n) is 1.83. The predicted molar refractivity (Wildman–Crippen MR) is 87.5 cm³/mol. The van der Waals surface area contributed by atoms with Crippen LogP contribution in [-0.4, -0.2) is 19.6 Å². The van der Waals surface area contributed by atoms with Crippen LogP contribution < -0.4 is 15.4 Å². The van der Waals surface area contributed by atoms with E-state index in [1.54, 1.807) is 7.11 Å². The van der Waals surface area contributed by atoms with E-state index in [1.807, 2.05) is 48.5 Å². The van der Waals surface area contributed by atoms with Crippen LogP contribution in [0.5, 0.6) is 5.75 Å². The molecular formula is C16H17BrN2O2. The number of carbonyl (C=O) groups is 1. The quantitative estimate of drug-likeness (QED) is 0.842. The van der Waals surface area contributed by atoms with Crippen molar-refractivity contribution in [2.45, 2.75) is 6.54 Å². The van der Waals surface area contributed by atoms with Gasteiger partial charge in [-0.05, 0) is 35.9 Å². The Balaban J connectivity index is 1.79. The van der Waals surface area contributed by atoms with E-state index in [9.17, 15) is 4.79 Å². The molecule has 2 aromatic carbocycles. The van der Waals surface area contributed by atoms with Gasteiger partial charge >= 0.3 is 0 Å². The van der Waals surface area contributed by atoms with E-state index in [2.05, 4.69) is 26.6 Å². The zero-order valence-corrected chi connectivity index (χ0v) is 13.3. The zero-order valence-electron chi connectivity index (χ0n) is 11.7. The van der Waals surface area contributed by atoms with Crippen LogP contribution in [-0.2, 0) is 11.3 Å². The van der Waals surface area contributed by atoms with Gasteiger partial charge < -0.3 is 15.4 Å². The van der Waals surface area contributed by atoms with Gasteiger partial charge in [-0.25, -0.2) is 0 Å². The first-order valence-corrected chi connectivity index (χ1v) is 7.36. The normalized spacial score (nSPS) is 10.0. The van der Waals surface area contributed by atoms with Gasteiger partial charge in [0.25, 0.3) is 0 Å². The maximum atomic E-state index is 11.8. The first kappa shape index (κ1) is 15.4. The molecule has 0 radical (unpaired) electrons. The van der Waals surface area contributed by atoms with E-state index in [1.165, 1.54) is 0 Å². The van der Waals surface area contributed by atoms with Crippen molar-refractivity contribution < 1.29 is 9.53 Å². The van der Waals surface area contributed by atoms with Gasteiger partial charge in [-0.3, -0.25) is 4.79 Å². The minimum atomic E-state index is -0.0576. The molecule has 2 rings (SSSR count). The SMILES string of the molecule is COc1cccc(CNC(=O)CNc2cccc(Br)c2)c1. The number of hydrogen-bond donors (Lipinski definition) is 2. The molecule has 2 aromatic rings. The topological polar surface area (TPSA) is 50.4 Å². The number of amides is 1. The highest BCUT2D eigenvalue weighted by molar-refractivity contribution is 9.10. The lowest BCUT2D eigenvalue weighted by Crippen LogP contribution is -2.29. The zero-order chi connectivity index (χ0) is 15.1. The first-order valence-electron chi connectivity index (χ1n) is 6.56. The lowest BCUT2D eigenvalue weighted by Gasteiger charge is -2.09. The summed E-state index contributed by atoms with van der Waals surface area (Å²) in [6, 6.07) is 15.3. The molecule has 0 atom stereocenters. The van der Waals surface area contributed by atoms with E-state index in [-0.39, 0.29) is 12.5 Å². The lowest BCUT2D eigenvalue weighted by molar-refractivity contribution is -0.119. The summed E-state index contributed by atoms with van der Waals surface area (Å²) in [5.74, 6) is 0.729. The van der Waals surface area contributed by atoms with Gasteiger partial charge in [0.2, 0.25) is 5.91 Å². The number of hydrogen-bond acceptors (Lipinski definition) is 3. The Labute approximate surface area is 132 Å². The van der Waals surface area contributed by atoms with E-state index in [0.29, 0.717) is 6.54 Å². The van der Waals surface area contributed by atoms with Crippen LogP contribution in [0.3, 0.4) is 0 Å². The van der Waals surface area contributed by atoms with Crippen LogP contribution >= 0.6 is 15.9 Å². The van der Waals surface area contributed by atoms with Crippen molar-refractivity contribution in [3.63, 3.8) is 0 Å². The summed E-state index contributed by atoms with van der Waals surface area (Å²) < 4.78 is 6.12. The highest BCUT2D eigenvalue weighted by Crippen LogP contribution is 2.15. The number of rotatable bonds is 6. The molecule has 0 saturated carbocycles. The molecule has 0 unspecified atom stereocenters. The Hall–Kier alpha value is -2.01. The van der Waals surface area contributed by atoms with Crippen molar-refractivity contribution in [3.8, 4) is 5.75 Å². The van der Waals surface area contributed by atoms with Crippen molar-refractivity contribution in [2.75, 3.05) is 19.0 Å². The number of ether oxygens (including phenoxy) is 1. The van der Waals surface area contributed by atoms with Crippen LogP contribution in [0.15, 0.2) is 53.0 Å². The second-order valence-electron chi connectivity index (χ2n) is 4.49. The van der Waals surface area contributed by atoms with E-state index < -0.39 is 0 Å². The molecule has 0 bridgehead atoms. The highest BCUT2D eigenvalue weighted by Gasteiger charge is 2.02. The second-order valence-corrected chi connectivity index (χ2v) is 5.41. The molecular weight excluding hydrogens is 332 g/mol. The van der Waals surface area contributed by atoms with Gasteiger partial charge in [0.15, 0.2) is 0 Å². The van der Waals surface area contributed by atoms with Crippen LogP contribution in [0.1, 0.15) is 5.56 Å². The monoisotopic (exact) mass is 348 g/mol. The van der Waals surface area contributed by atoms with E-state index >= 15 is 0 Å². The molecule has 2 N–H and O–H groups in total. The third-order valence-electron chi connectivity index (χ3n) is 2.90. The number of methoxy groups -OCH3 is 1. The third-order valence-corrected chi connectivity index (χ3v) is 3.39. The average Bonchev–Trinajstić information content (AvgIpc) is 2.51. The van der Waals surface area contributed by atoms with Gasteiger partial charge in [0.1, 0.15) is 5.75 Å². The van der Waals surface area contributed by atoms with Crippen LogP contribution in [0.2, 0.25) is 0 Å². The molecule has 0 heterocycles. The van der Waals surface area contributed by atoms with Crippen molar-refractivity contribution in [1.82, 2.24) is 5.32 Å². The Morgan fingerprint density at radius 1 is 1.19 bits per heavy atom. The molecule has 0 aromatic heterocycles. The van der Waals surface area contributed by atoms with Crippen molar-refractivity contribution in [3.05, 3.63) is 58.6 Å². The molecule has 0 spiro atoms. The molecule has 4 nitrogen and oxygen atoms in total. The summed E-state index contributed by atoms with van der Waals surface area (Å²) in [6.07, 6.45) is 0. The largest absolute Gasteiger partial charge is 0.497 e. The summed E-state index contributed by atoms with van der Waals surface area (Å²) >= 11 is 3.39. The number of anilines is 1. The minimum absolute atomic E-state index is 0.0576. The Morgan fingerprint density at radius 2 is 2.00 bits per heavy atom. The fourth-order valence-corrected chi connectivity index (χ4v) is 2.23. The smallest absolute Gasteiger partial charge is 0.239 e. The van der Waals surface area contributed by atoms with Crippen molar-refractivity contribution in [1.29, 1.82) is 0 Å². The average molecular weight is 349 g/mol. The molecule has 0 fully saturated rings. The maximum Gasteiger partial charge on any atom is 0.239 e. The van der Waals surface area contributed by atoms with Crippen LogP contribution in [0.4, 0.5) is 5.69 Å². The molecule has 21 heavy (non-hydrogen) atoms. The van der Waals surface area contributed by atoms with Gasteiger partial charge in [0.05, 0.1) is 13.7 Å². The molecule has 0 aliphatic carbocycles. The summed E-state index contributed by atoms with van der Waals surface area (Å²) in [5.41, 5.74) is 1.91. The van der Waals surface area contributed by atoms with E-state index in [0.717, 1.165) is 21.5 Å². The second kappa shape index (κ2) is 7.69. The Kier molecular flexibility index (Phi) is 5.63. The fraction of sp³-hybridized carbons (Fsp3) is 0.188. The van der Waals surface area contributed by atoms with Gasteiger partial charge in [0, 0.05) is 16.7 Å². The summed E-state index contributed by atoms with van der Waals surface area (Å²) in [5, 5.41) is 5.94. The highest BCUT2D eigenvalue weighted by atomic mass is 79.9. The number of halogens is 1. The molecule has 0 saturated heterocycles. The summed E-state index contributed by atoms with van der Waals surface area (Å²) in [6.45, 7) is 0.719. The lowest BCUT2D eigenvalue weighted by atomic mass is 10.2. The molecule has 5 heteroatoms. The Bertz CT molecular complexity index is 617. The van der Waals surface area contributed by atoms with Gasteiger partial charge in [-0.15, -0.1) is 0 Å². The van der Waals surface area contributed by atoms with Crippen LogP contribution in [0, 0.1) is 0 Å². The van der Waals surface area contributed by atoms with Crippen molar-refractivity contribution >= 4 is 27.5 Å². The molecule has 1 amide bonds. The van der Waals surface area contributed by atoms with Crippen LogP contribution in [0.25, 0.3) is 0 Å². The minimum Gasteiger partial charge on any atom is -0.497 e. The summed E-state index contributed by atoms with van der Waals surface area (Å²) in [7, 11) is 1.62. The number of carbonyl (C=O) groups excluding carboxylic acids is 1. The molecule has 110 valence electrons. The third kappa shape index (κ3) is 5.11. The maximum absolute atomic E-state index is 11.8.